The number of nitrogens with two attached hydrogens (primary N) is 1. The Morgan fingerprint density at radius 3 is 1.67 bits per heavy atom. The van der Waals surface area contributed by atoms with Crippen LogP contribution in [0.4, 0.5) is 11.4 Å². The molecule has 162 valence electrons. The maximum absolute atomic E-state index is 11.3. The van der Waals surface area contributed by atoms with Gasteiger partial charge < -0.3 is 24.7 Å². The third-order valence-corrected chi connectivity index (χ3v) is 4.11. The largest absolute Gasteiger partial charge is 0.495 e. The standard InChI is InChI=1S/C10H11NO5.C10H13NO3/c1-6-4-8(11(13)14)9(15-2)5-7(6)10(12)16-3;1-6-4-8(11)9(13-2)5-7(6)10(12)14-3/h4-5H,1-3H3;4-5H,11H2,1-3H3. The third-order valence-electron chi connectivity index (χ3n) is 4.11. The lowest BCUT2D eigenvalue weighted by Gasteiger charge is -2.09. The van der Waals surface area contributed by atoms with Crippen LogP contribution in [0.3, 0.4) is 0 Å². The van der Waals surface area contributed by atoms with Crippen molar-refractivity contribution >= 4 is 23.3 Å². The zero-order chi connectivity index (χ0) is 23.0. The van der Waals surface area contributed by atoms with Crippen LogP contribution >= 0.6 is 0 Å². The highest BCUT2D eigenvalue weighted by molar-refractivity contribution is 5.92. The molecule has 2 rings (SSSR count). The maximum atomic E-state index is 11.3. The Kier molecular flexibility index (Phi) is 8.60. The molecule has 0 heterocycles. The Balaban J connectivity index is 0.000000303. The number of benzene rings is 2. The van der Waals surface area contributed by atoms with Crippen molar-refractivity contribution in [3.05, 3.63) is 56.6 Å². The summed E-state index contributed by atoms with van der Waals surface area (Å²) in [6.45, 7) is 3.39. The molecule has 2 aromatic rings. The first-order chi connectivity index (χ1) is 14.1. The monoisotopic (exact) mass is 420 g/mol. The van der Waals surface area contributed by atoms with Gasteiger partial charge in [-0.1, -0.05) is 0 Å². The van der Waals surface area contributed by atoms with Crippen LogP contribution in [0.15, 0.2) is 24.3 Å². The van der Waals surface area contributed by atoms with E-state index < -0.39 is 10.9 Å². The molecule has 0 bridgehead atoms. The minimum Gasteiger partial charge on any atom is -0.495 e. The van der Waals surface area contributed by atoms with Gasteiger partial charge in [0.2, 0.25) is 0 Å². The average Bonchev–Trinajstić information content (AvgIpc) is 2.72. The van der Waals surface area contributed by atoms with Gasteiger partial charge in [0.1, 0.15) is 5.75 Å². The first-order valence-electron chi connectivity index (χ1n) is 8.54. The Bertz CT molecular complexity index is 956. The summed E-state index contributed by atoms with van der Waals surface area (Å²) in [5.74, 6) is -0.418. The number of nitro benzene ring substituents is 1. The van der Waals surface area contributed by atoms with Gasteiger partial charge in [0, 0.05) is 12.1 Å². The number of anilines is 1. The van der Waals surface area contributed by atoms with Gasteiger partial charge in [-0.25, -0.2) is 9.59 Å². The fraction of sp³-hybridized carbons (Fsp3) is 0.300. The summed E-state index contributed by atoms with van der Waals surface area (Å²) >= 11 is 0. The normalized spacial score (nSPS) is 9.67. The first-order valence-corrected chi connectivity index (χ1v) is 8.54. The quantitative estimate of drug-likeness (QED) is 0.334. The highest BCUT2D eigenvalue weighted by Crippen LogP contribution is 2.30. The van der Waals surface area contributed by atoms with Gasteiger partial charge in [0.15, 0.2) is 5.75 Å². The highest BCUT2D eigenvalue weighted by Gasteiger charge is 2.20. The van der Waals surface area contributed by atoms with Crippen molar-refractivity contribution in [3.63, 3.8) is 0 Å². The number of nitro groups is 1. The van der Waals surface area contributed by atoms with Gasteiger partial charge in [0.25, 0.3) is 0 Å². The molecule has 30 heavy (non-hydrogen) atoms. The van der Waals surface area contributed by atoms with Gasteiger partial charge in [0.05, 0.1) is 50.2 Å². The summed E-state index contributed by atoms with van der Waals surface area (Å²) in [7, 11) is 5.39. The molecule has 0 radical (unpaired) electrons. The lowest BCUT2D eigenvalue weighted by Crippen LogP contribution is -2.05. The van der Waals surface area contributed by atoms with E-state index in [9.17, 15) is 19.7 Å². The number of rotatable bonds is 5. The molecule has 0 aromatic heterocycles. The number of aryl methyl sites for hydroxylation is 2. The van der Waals surface area contributed by atoms with E-state index in [1.54, 1.807) is 26.0 Å². The fourth-order valence-electron chi connectivity index (χ4n) is 2.53. The average molecular weight is 420 g/mol. The minimum absolute atomic E-state index is 0.0380. The maximum Gasteiger partial charge on any atom is 0.338 e. The van der Waals surface area contributed by atoms with Gasteiger partial charge >= 0.3 is 17.6 Å². The van der Waals surface area contributed by atoms with Crippen LogP contribution in [-0.2, 0) is 9.47 Å². The molecule has 0 unspecified atom stereocenters. The van der Waals surface area contributed by atoms with E-state index in [-0.39, 0.29) is 23.0 Å². The summed E-state index contributed by atoms with van der Waals surface area (Å²) < 4.78 is 19.0. The van der Waals surface area contributed by atoms with Crippen molar-refractivity contribution in [1.29, 1.82) is 0 Å². The minimum atomic E-state index is -0.563. The summed E-state index contributed by atoms with van der Waals surface area (Å²) in [6, 6.07) is 5.85. The molecule has 0 aliphatic carbocycles. The Labute approximate surface area is 173 Å². The smallest absolute Gasteiger partial charge is 0.338 e. The van der Waals surface area contributed by atoms with Crippen molar-refractivity contribution in [1.82, 2.24) is 0 Å². The number of methoxy groups -OCH3 is 4. The molecule has 0 atom stereocenters. The molecule has 10 heteroatoms. The van der Waals surface area contributed by atoms with Gasteiger partial charge in [-0.15, -0.1) is 0 Å². The molecule has 0 amide bonds. The van der Waals surface area contributed by atoms with Gasteiger partial charge in [-0.05, 0) is 37.1 Å². The van der Waals surface area contributed by atoms with Crippen molar-refractivity contribution in [2.75, 3.05) is 34.2 Å². The molecule has 10 nitrogen and oxygen atoms in total. The number of hydrogen-bond acceptors (Lipinski definition) is 9. The number of esters is 2. The molecule has 0 saturated heterocycles. The fourth-order valence-corrected chi connectivity index (χ4v) is 2.53. The van der Waals surface area contributed by atoms with E-state index in [0.29, 0.717) is 22.6 Å². The zero-order valence-electron chi connectivity index (χ0n) is 17.6. The van der Waals surface area contributed by atoms with Crippen LogP contribution in [0, 0.1) is 24.0 Å². The number of carbonyl (C=O) groups excluding carboxylic acids is 2. The second-order valence-electron chi connectivity index (χ2n) is 5.99. The molecule has 0 fully saturated rings. The number of nitrogen functional groups attached to an aromatic ring is 1. The van der Waals surface area contributed by atoms with E-state index in [0.717, 1.165) is 5.56 Å². The second-order valence-corrected chi connectivity index (χ2v) is 5.99. The number of nitrogens with zero attached hydrogens (tertiary/aromatic N) is 1. The highest BCUT2D eigenvalue weighted by atomic mass is 16.6. The van der Waals surface area contributed by atoms with Crippen molar-refractivity contribution in [2.45, 2.75) is 13.8 Å². The van der Waals surface area contributed by atoms with E-state index in [1.165, 1.54) is 40.6 Å². The van der Waals surface area contributed by atoms with Crippen LogP contribution in [0.2, 0.25) is 0 Å². The van der Waals surface area contributed by atoms with E-state index in [1.807, 2.05) is 0 Å². The predicted octanol–water partition coefficient (Wildman–Crippen LogP) is 3.07. The Hall–Kier alpha value is -3.82. The SMILES string of the molecule is COC(=O)c1cc(OC)c(N)cc1C.COC(=O)c1cc(OC)c([N+](=O)[O-])cc1C. The van der Waals surface area contributed by atoms with Crippen LogP contribution < -0.4 is 15.2 Å². The first kappa shape index (κ1) is 24.2. The van der Waals surface area contributed by atoms with Crippen molar-refractivity contribution in [3.8, 4) is 11.5 Å². The van der Waals surface area contributed by atoms with Crippen molar-refractivity contribution in [2.24, 2.45) is 0 Å². The van der Waals surface area contributed by atoms with E-state index in [2.05, 4.69) is 9.47 Å². The topological polar surface area (TPSA) is 140 Å². The molecular weight excluding hydrogens is 396 g/mol. The van der Waals surface area contributed by atoms with Crippen LogP contribution in [0.5, 0.6) is 11.5 Å². The molecule has 2 N–H and O–H groups in total. The lowest BCUT2D eigenvalue weighted by molar-refractivity contribution is -0.385. The molecule has 0 spiro atoms. The number of carbonyl (C=O) groups is 2. The summed E-state index contributed by atoms with van der Waals surface area (Å²) in [4.78, 5) is 32.8. The van der Waals surface area contributed by atoms with Crippen LogP contribution in [0.1, 0.15) is 31.8 Å². The molecule has 0 aliphatic heterocycles. The van der Waals surface area contributed by atoms with Gasteiger partial charge in [-0.3, -0.25) is 10.1 Å². The Morgan fingerprint density at radius 2 is 1.27 bits per heavy atom. The second kappa shape index (κ2) is 10.6. The van der Waals surface area contributed by atoms with Gasteiger partial charge in [-0.2, -0.15) is 0 Å². The lowest BCUT2D eigenvalue weighted by atomic mass is 10.1. The van der Waals surface area contributed by atoms with Crippen LogP contribution in [0.25, 0.3) is 0 Å². The molecular formula is C20H24N2O8. The summed E-state index contributed by atoms with van der Waals surface area (Å²) in [5, 5.41) is 10.7. The third kappa shape index (κ3) is 5.60. The molecule has 0 saturated carbocycles. The van der Waals surface area contributed by atoms with Crippen LogP contribution in [-0.4, -0.2) is 45.3 Å². The zero-order valence-corrected chi connectivity index (χ0v) is 17.6. The predicted molar refractivity (Wildman–Crippen MR) is 109 cm³/mol. The number of hydrogen-bond donors (Lipinski definition) is 1. The number of ether oxygens (including phenoxy) is 4. The Morgan fingerprint density at radius 1 is 0.833 bits per heavy atom. The molecule has 2 aromatic carbocycles. The molecule has 0 aliphatic rings. The van der Waals surface area contributed by atoms with E-state index in [4.69, 9.17) is 15.2 Å². The van der Waals surface area contributed by atoms with Crippen molar-refractivity contribution < 1.29 is 33.5 Å². The van der Waals surface area contributed by atoms with E-state index >= 15 is 0 Å². The summed E-state index contributed by atoms with van der Waals surface area (Å²) in [5.41, 5.74) is 7.97. The summed E-state index contributed by atoms with van der Waals surface area (Å²) in [6.07, 6.45) is 0.